The monoisotopic (exact) mass is 1060 g/mol. The molecule has 1 saturated carbocycles. The van der Waals surface area contributed by atoms with Gasteiger partial charge >= 0.3 is 6.03 Å². The lowest BCUT2D eigenvalue weighted by Gasteiger charge is -2.22. The number of halogens is 1. The molecule has 6 N–H and O–H groups in total. The van der Waals surface area contributed by atoms with Gasteiger partial charge in [-0.1, -0.05) is 41.6 Å². The molecular formula is C53H79FN5O14P. The van der Waals surface area contributed by atoms with Crippen molar-refractivity contribution in [3.8, 4) is 17.2 Å². The maximum Gasteiger partial charge on any atom is 0.316 e. The molecule has 0 aromatic heterocycles. The molecule has 0 saturated heterocycles. The summed E-state index contributed by atoms with van der Waals surface area (Å²) in [5, 5.41) is 10.6. The molecule has 0 radical (unpaired) electrons. The highest BCUT2D eigenvalue weighted by atomic mass is 31.0. The largest absolute Gasteiger partial charge is 0.490 e. The van der Waals surface area contributed by atoms with E-state index in [0.717, 1.165) is 37.7 Å². The first-order valence-corrected chi connectivity index (χ1v) is 25.3. The molecule has 3 atom stereocenters. The number of hydrogen-bond donors (Lipinski definition) is 5. The number of benzene rings is 3. The number of primary amides is 1. The zero-order valence-electron chi connectivity index (χ0n) is 43.8. The van der Waals surface area contributed by atoms with Crippen LogP contribution in [0.5, 0.6) is 17.2 Å². The Morgan fingerprint density at radius 1 is 0.743 bits per heavy atom. The van der Waals surface area contributed by atoms with Crippen LogP contribution in [0.2, 0.25) is 0 Å². The Kier molecular flexibility index (Phi) is 37.0. The molecule has 4 amide bonds. The summed E-state index contributed by atoms with van der Waals surface area (Å²) >= 11 is 0. The van der Waals surface area contributed by atoms with E-state index in [4.69, 9.17) is 38.9 Å². The number of Topliss-reactive ketones (excluding diaryl/α,β-unsaturated/α-hetero) is 2. The van der Waals surface area contributed by atoms with E-state index in [1.165, 1.54) is 45.2 Å². The van der Waals surface area contributed by atoms with Gasteiger partial charge in [-0.2, -0.15) is 4.39 Å². The zero-order valence-corrected chi connectivity index (χ0v) is 44.9. The van der Waals surface area contributed by atoms with Crippen molar-refractivity contribution < 1.29 is 71.1 Å². The minimum atomic E-state index is -1.44. The summed E-state index contributed by atoms with van der Waals surface area (Å²) in [7, 11) is 5.35. The Bertz CT molecular complexity index is 2060. The van der Waals surface area contributed by atoms with E-state index in [1.54, 1.807) is 49.5 Å². The topological polar surface area (TPSA) is 258 Å². The second-order valence-electron chi connectivity index (χ2n) is 16.8. The third-order valence-electron chi connectivity index (χ3n) is 10.6. The molecule has 0 aliphatic heterocycles. The van der Waals surface area contributed by atoms with Crippen molar-refractivity contribution in [2.24, 2.45) is 17.6 Å². The van der Waals surface area contributed by atoms with Crippen molar-refractivity contribution in [2.45, 2.75) is 84.8 Å². The molecule has 3 unspecified atom stereocenters. The van der Waals surface area contributed by atoms with E-state index in [2.05, 4.69) is 21.3 Å². The van der Waals surface area contributed by atoms with Gasteiger partial charge in [-0.05, 0) is 114 Å². The number of ether oxygens (including phenoxy) is 7. The van der Waals surface area contributed by atoms with Crippen LogP contribution >= 0.6 is 9.24 Å². The fourth-order valence-electron chi connectivity index (χ4n) is 6.57. The van der Waals surface area contributed by atoms with Crippen molar-refractivity contribution in [3.05, 3.63) is 83.4 Å². The van der Waals surface area contributed by atoms with Gasteiger partial charge in [0, 0.05) is 49.3 Å². The first kappa shape index (κ1) is 66.1. The lowest BCUT2D eigenvalue weighted by molar-refractivity contribution is -0.123. The number of carbonyl (C=O) groups is 7. The number of amides is 4. The summed E-state index contributed by atoms with van der Waals surface area (Å²) < 4.78 is 49.9. The molecule has 412 valence electrons. The zero-order chi connectivity index (χ0) is 54.9. The van der Waals surface area contributed by atoms with Crippen LogP contribution in [0.15, 0.2) is 66.7 Å². The molecule has 21 heteroatoms. The predicted octanol–water partition coefficient (Wildman–Crippen LogP) is 6.75. The number of urea groups is 1. The molecule has 74 heavy (non-hydrogen) atoms. The number of hydrogen-bond acceptors (Lipinski definition) is 15. The van der Waals surface area contributed by atoms with Gasteiger partial charge in [-0.25, -0.2) is 4.79 Å². The Morgan fingerprint density at radius 2 is 1.31 bits per heavy atom. The highest BCUT2D eigenvalue weighted by molar-refractivity contribution is 7.16. The molecule has 0 bridgehead atoms. The first-order chi connectivity index (χ1) is 35.5. The van der Waals surface area contributed by atoms with Gasteiger partial charge in [0.15, 0.2) is 18.2 Å². The minimum Gasteiger partial charge on any atom is -0.490 e. The number of carbonyl (C=O) groups excluding carboxylic acids is 7. The lowest BCUT2D eigenvalue weighted by atomic mass is 9.93. The van der Waals surface area contributed by atoms with Crippen molar-refractivity contribution in [1.29, 1.82) is 0 Å². The van der Waals surface area contributed by atoms with E-state index in [0.29, 0.717) is 101 Å². The highest BCUT2D eigenvalue weighted by Gasteiger charge is 2.18. The number of rotatable bonds is 31. The molecule has 1 aliphatic rings. The predicted molar refractivity (Wildman–Crippen MR) is 284 cm³/mol. The van der Waals surface area contributed by atoms with E-state index < -0.39 is 12.1 Å². The fraction of sp³-hybridized carbons (Fsp3) is 0.528. The van der Waals surface area contributed by atoms with Gasteiger partial charge in [-0.15, -0.1) is 0 Å². The molecule has 1 fully saturated rings. The van der Waals surface area contributed by atoms with E-state index in [-0.39, 0.29) is 52.8 Å². The van der Waals surface area contributed by atoms with Gasteiger partial charge in [0.1, 0.15) is 29.8 Å². The van der Waals surface area contributed by atoms with Gasteiger partial charge < -0.3 is 65.0 Å². The number of ketones is 2. The highest BCUT2D eigenvalue weighted by Crippen LogP contribution is 2.25. The Hall–Kier alpha value is -5.89. The first-order valence-electron chi connectivity index (χ1n) is 24.6. The molecule has 3 aromatic rings. The molecule has 0 heterocycles. The van der Waals surface area contributed by atoms with Gasteiger partial charge in [0.25, 0.3) is 5.91 Å². The number of likely N-dealkylation sites (N-methyl/N-ethyl adjacent to an activating group) is 1. The van der Waals surface area contributed by atoms with Crippen LogP contribution in [0.25, 0.3) is 0 Å². The molecule has 0 spiro atoms. The van der Waals surface area contributed by atoms with Crippen LogP contribution in [0.1, 0.15) is 104 Å². The van der Waals surface area contributed by atoms with Gasteiger partial charge in [0.2, 0.25) is 12.0 Å². The average Bonchev–Trinajstić information content (AvgIpc) is 3.38. The van der Waals surface area contributed by atoms with Crippen molar-refractivity contribution in [1.82, 2.24) is 16.0 Å². The third kappa shape index (κ3) is 32.3. The van der Waals surface area contributed by atoms with Gasteiger partial charge in [-0.3, -0.25) is 24.0 Å². The molecule has 19 nitrogen and oxygen atoms in total. The second-order valence-corrected chi connectivity index (χ2v) is 17.3. The SMILES string of the molecule is CNC(=O)CCC(C=O)C(C)C.CNCCOCCOCCOCCOCCNC(=O)COc1cccc(C(C)=O)c1C(C)=O.NC(=O)Nc1ccc(OC(F)P)cc1.O=Cc1ccc(OC2CCCCC2)cc1. The van der Waals surface area contributed by atoms with Crippen LogP contribution in [0.3, 0.4) is 0 Å². The Labute approximate surface area is 437 Å². The second kappa shape index (κ2) is 41.5. The van der Waals surface area contributed by atoms with Crippen LogP contribution in [-0.4, -0.2) is 141 Å². The fourth-order valence-corrected chi connectivity index (χ4v) is 6.73. The minimum absolute atomic E-state index is 0.00231. The van der Waals surface area contributed by atoms with Crippen molar-refractivity contribution in [3.63, 3.8) is 0 Å². The van der Waals surface area contributed by atoms with Crippen molar-refractivity contribution in [2.75, 3.05) is 92.0 Å². The summed E-state index contributed by atoms with van der Waals surface area (Å²) in [4.78, 5) is 77.8. The number of nitrogens with two attached hydrogens (primary N) is 1. The molecule has 4 rings (SSSR count). The summed E-state index contributed by atoms with van der Waals surface area (Å²) in [6.45, 7) is 11.4. The summed E-state index contributed by atoms with van der Waals surface area (Å²) in [6, 6.07) is 17.6. The summed E-state index contributed by atoms with van der Waals surface area (Å²) in [6.07, 6.45) is 8.03. The lowest BCUT2D eigenvalue weighted by Crippen LogP contribution is -2.32. The number of anilines is 1. The normalized spacial score (nSPS) is 12.6. The maximum absolute atomic E-state index is 12.3. The smallest absolute Gasteiger partial charge is 0.316 e. The van der Waals surface area contributed by atoms with E-state index in [1.807, 2.05) is 42.3 Å². The maximum atomic E-state index is 12.3. The van der Waals surface area contributed by atoms with Crippen LogP contribution < -0.4 is 41.2 Å². The van der Waals surface area contributed by atoms with Crippen molar-refractivity contribution >= 4 is 56.9 Å². The molecule has 1 aliphatic carbocycles. The van der Waals surface area contributed by atoms with Crippen LogP contribution in [0, 0.1) is 11.8 Å². The van der Waals surface area contributed by atoms with E-state index in [9.17, 15) is 38.0 Å². The number of alkyl halides is 1. The molecular weight excluding hydrogens is 981 g/mol. The quantitative estimate of drug-likeness (QED) is 0.0193. The van der Waals surface area contributed by atoms with Crippen LogP contribution in [-0.2, 0) is 33.3 Å². The Morgan fingerprint density at radius 3 is 1.80 bits per heavy atom. The third-order valence-corrected chi connectivity index (χ3v) is 10.7. The standard InChI is InChI=1S/C23H36N2O8.C13H16O2.C9H17NO2.C8H10FN2O2P/c1-18(26)20-5-4-6-21(23(20)19(2)27)33-17-22(28)25-8-10-30-12-14-32-16-15-31-13-11-29-9-7-24-3;14-10-11-6-8-13(9-7-11)15-12-4-2-1-3-5-12;1-7(2)8(6-11)4-5-9(12)10-3;9-7(14)13-6-3-1-5(2-4-6)11-8(10)12/h4-6,24H,7-17H2,1-3H3,(H,25,28);6-10,12H,1-5H2;6-8H,4-5H2,1-3H3,(H,10,12);1-4,7H,14H2,(H3,10,11,12). The van der Waals surface area contributed by atoms with Gasteiger partial charge in [0.05, 0.1) is 64.5 Å². The number of aldehydes is 2. The van der Waals surface area contributed by atoms with Crippen LogP contribution in [0.4, 0.5) is 14.9 Å². The Balaban J connectivity index is 0.000000550. The summed E-state index contributed by atoms with van der Waals surface area (Å²) in [5.41, 5.74) is 6.59. The number of nitrogens with one attached hydrogen (secondary N) is 4. The van der Waals surface area contributed by atoms with E-state index >= 15 is 0 Å². The molecule has 3 aromatic carbocycles. The summed E-state index contributed by atoms with van der Waals surface area (Å²) in [5.74, 6) is 0.919. The average molecular weight is 1060 g/mol.